The summed E-state index contributed by atoms with van der Waals surface area (Å²) in [5.41, 5.74) is 8.06. The highest BCUT2D eigenvalue weighted by molar-refractivity contribution is 5.91. The molecule has 4 rings (SSSR count). The van der Waals surface area contributed by atoms with E-state index in [2.05, 4.69) is 34.5 Å². The summed E-state index contributed by atoms with van der Waals surface area (Å²) in [7, 11) is 0. The van der Waals surface area contributed by atoms with Crippen molar-refractivity contribution in [2.75, 3.05) is 38.3 Å². The first-order valence-corrected chi connectivity index (χ1v) is 9.40. The van der Waals surface area contributed by atoms with Gasteiger partial charge in [-0.05, 0) is 30.2 Å². The lowest BCUT2D eigenvalue weighted by Gasteiger charge is -2.16. The number of carbonyl (C=O) groups excluding carboxylic acids is 1. The summed E-state index contributed by atoms with van der Waals surface area (Å²) in [5.74, 6) is 2.26. The van der Waals surface area contributed by atoms with Crippen molar-refractivity contribution in [1.29, 1.82) is 0 Å². The molecular formula is C21H25N3O3. The fourth-order valence-electron chi connectivity index (χ4n) is 3.92. The zero-order valence-corrected chi connectivity index (χ0v) is 15.3. The normalized spacial score (nSPS) is 21.4. The minimum absolute atomic E-state index is 0.00123. The lowest BCUT2D eigenvalue weighted by atomic mass is 9.89. The van der Waals surface area contributed by atoms with Gasteiger partial charge in [0, 0.05) is 43.7 Å². The van der Waals surface area contributed by atoms with Gasteiger partial charge < -0.3 is 25.4 Å². The van der Waals surface area contributed by atoms with Gasteiger partial charge in [0.15, 0.2) is 11.5 Å². The molecule has 6 nitrogen and oxygen atoms in total. The number of amides is 1. The number of nitrogens with two attached hydrogens (primary N) is 1. The second-order valence-electron chi connectivity index (χ2n) is 7.14. The quantitative estimate of drug-likeness (QED) is 0.820. The standard InChI is InChI=1S/C21H25N3O3/c22-11-16-12-24(13-18(16)15-4-2-1-3-5-15)9-8-21(25)23-17-6-7-19-20(10-17)27-14-26-19/h1-7,10,16,18H,8-9,11-14,22H2,(H,23,25)/t16-,18+/m1/s1. The Balaban J connectivity index is 1.30. The third-order valence-electron chi connectivity index (χ3n) is 5.36. The van der Waals surface area contributed by atoms with Gasteiger partial charge in [0.25, 0.3) is 0 Å². The summed E-state index contributed by atoms with van der Waals surface area (Å²) in [6.45, 7) is 3.51. The molecule has 1 saturated heterocycles. The molecular weight excluding hydrogens is 342 g/mol. The molecule has 0 aromatic heterocycles. The number of nitrogens with one attached hydrogen (secondary N) is 1. The van der Waals surface area contributed by atoms with Crippen LogP contribution in [0.1, 0.15) is 17.9 Å². The summed E-state index contributed by atoms with van der Waals surface area (Å²) in [6.07, 6.45) is 0.452. The molecule has 0 unspecified atom stereocenters. The molecule has 2 aromatic carbocycles. The third-order valence-corrected chi connectivity index (χ3v) is 5.36. The number of benzene rings is 2. The maximum atomic E-state index is 12.3. The van der Waals surface area contributed by atoms with Gasteiger partial charge in [0.05, 0.1) is 0 Å². The third kappa shape index (κ3) is 4.07. The predicted octanol–water partition coefficient (Wildman–Crippen LogP) is 2.42. The first-order chi connectivity index (χ1) is 13.2. The van der Waals surface area contributed by atoms with E-state index in [0.717, 1.165) is 25.3 Å². The molecule has 1 fully saturated rings. The van der Waals surface area contributed by atoms with Crippen LogP contribution in [0.15, 0.2) is 48.5 Å². The monoisotopic (exact) mass is 367 g/mol. The maximum absolute atomic E-state index is 12.3. The van der Waals surface area contributed by atoms with E-state index in [4.69, 9.17) is 15.2 Å². The van der Waals surface area contributed by atoms with Crippen molar-refractivity contribution < 1.29 is 14.3 Å². The summed E-state index contributed by atoms with van der Waals surface area (Å²) >= 11 is 0. The van der Waals surface area contributed by atoms with Crippen LogP contribution in [0, 0.1) is 5.92 Å². The number of likely N-dealkylation sites (tertiary alicyclic amines) is 1. The van der Waals surface area contributed by atoms with E-state index in [9.17, 15) is 4.79 Å². The van der Waals surface area contributed by atoms with Crippen molar-refractivity contribution in [1.82, 2.24) is 4.90 Å². The molecule has 3 N–H and O–H groups in total. The second kappa shape index (κ2) is 7.98. The predicted molar refractivity (Wildman–Crippen MR) is 104 cm³/mol. The van der Waals surface area contributed by atoms with E-state index >= 15 is 0 Å². The largest absolute Gasteiger partial charge is 0.454 e. The lowest BCUT2D eigenvalue weighted by Crippen LogP contribution is -2.27. The first kappa shape index (κ1) is 17.8. The van der Waals surface area contributed by atoms with Gasteiger partial charge in [-0.15, -0.1) is 0 Å². The van der Waals surface area contributed by atoms with Crippen molar-refractivity contribution in [2.45, 2.75) is 12.3 Å². The molecule has 27 heavy (non-hydrogen) atoms. The molecule has 0 saturated carbocycles. The number of anilines is 1. The number of carbonyl (C=O) groups is 1. The minimum atomic E-state index is 0.00123. The van der Waals surface area contributed by atoms with Crippen LogP contribution in [0.5, 0.6) is 11.5 Å². The Kier molecular flexibility index (Phi) is 5.27. The average Bonchev–Trinajstić information content (AvgIpc) is 3.33. The number of nitrogens with zero attached hydrogens (tertiary/aromatic N) is 1. The summed E-state index contributed by atoms with van der Waals surface area (Å²) in [5, 5.41) is 2.94. The zero-order chi connectivity index (χ0) is 18.6. The van der Waals surface area contributed by atoms with Crippen molar-refractivity contribution >= 4 is 11.6 Å². The molecule has 0 aliphatic carbocycles. The van der Waals surface area contributed by atoms with Crippen molar-refractivity contribution in [3.63, 3.8) is 0 Å². The number of rotatable bonds is 6. The van der Waals surface area contributed by atoms with Gasteiger partial charge in [-0.25, -0.2) is 0 Å². The van der Waals surface area contributed by atoms with E-state index in [1.54, 1.807) is 6.07 Å². The van der Waals surface area contributed by atoms with Crippen molar-refractivity contribution in [3.8, 4) is 11.5 Å². The van der Waals surface area contributed by atoms with E-state index in [1.165, 1.54) is 5.56 Å². The van der Waals surface area contributed by atoms with E-state index in [-0.39, 0.29) is 12.7 Å². The Labute approximate surface area is 159 Å². The number of hydrogen-bond donors (Lipinski definition) is 2. The molecule has 2 aliphatic rings. The van der Waals surface area contributed by atoms with Crippen LogP contribution < -0.4 is 20.5 Å². The first-order valence-electron chi connectivity index (χ1n) is 9.40. The molecule has 0 radical (unpaired) electrons. The smallest absolute Gasteiger partial charge is 0.231 e. The molecule has 0 spiro atoms. The molecule has 2 aromatic rings. The van der Waals surface area contributed by atoms with Crippen molar-refractivity contribution in [2.24, 2.45) is 11.7 Å². The van der Waals surface area contributed by atoms with Gasteiger partial charge >= 0.3 is 0 Å². The topological polar surface area (TPSA) is 76.8 Å². The lowest BCUT2D eigenvalue weighted by molar-refractivity contribution is -0.116. The average molecular weight is 367 g/mol. The SMILES string of the molecule is NC[C@@H]1CN(CCC(=O)Nc2ccc3c(c2)OCO3)C[C@H]1c1ccccc1. The minimum Gasteiger partial charge on any atom is -0.454 e. The zero-order valence-electron chi connectivity index (χ0n) is 15.3. The summed E-state index contributed by atoms with van der Waals surface area (Å²) < 4.78 is 10.6. The summed E-state index contributed by atoms with van der Waals surface area (Å²) in [6, 6.07) is 16.0. The van der Waals surface area contributed by atoms with Crippen LogP contribution in [0.3, 0.4) is 0 Å². The van der Waals surface area contributed by atoms with Crippen LogP contribution in [0.4, 0.5) is 5.69 Å². The van der Waals surface area contributed by atoms with Gasteiger partial charge in [-0.1, -0.05) is 30.3 Å². The van der Waals surface area contributed by atoms with E-state index in [1.807, 2.05) is 18.2 Å². The van der Waals surface area contributed by atoms with E-state index in [0.29, 0.717) is 36.3 Å². The molecule has 2 heterocycles. The van der Waals surface area contributed by atoms with Gasteiger partial charge in [0.1, 0.15) is 0 Å². The Morgan fingerprint density at radius 2 is 1.93 bits per heavy atom. The van der Waals surface area contributed by atoms with Gasteiger partial charge in [-0.2, -0.15) is 0 Å². The molecule has 1 amide bonds. The van der Waals surface area contributed by atoms with Crippen LogP contribution in [-0.4, -0.2) is 43.8 Å². The second-order valence-corrected chi connectivity index (χ2v) is 7.14. The summed E-state index contributed by atoms with van der Waals surface area (Å²) in [4.78, 5) is 14.7. The molecule has 2 atom stereocenters. The highest BCUT2D eigenvalue weighted by Crippen LogP contribution is 2.34. The Morgan fingerprint density at radius 3 is 2.74 bits per heavy atom. The van der Waals surface area contributed by atoms with Gasteiger partial charge in [-0.3, -0.25) is 4.79 Å². The highest BCUT2D eigenvalue weighted by atomic mass is 16.7. The van der Waals surface area contributed by atoms with Crippen LogP contribution >= 0.6 is 0 Å². The van der Waals surface area contributed by atoms with Crippen LogP contribution in [0.25, 0.3) is 0 Å². The number of fused-ring (bicyclic) bond motifs is 1. The number of hydrogen-bond acceptors (Lipinski definition) is 5. The van der Waals surface area contributed by atoms with Crippen LogP contribution in [0.2, 0.25) is 0 Å². The van der Waals surface area contributed by atoms with Gasteiger partial charge in [0.2, 0.25) is 12.7 Å². The molecule has 2 aliphatic heterocycles. The maximum Gasteiger partial charge on any atom is 0.231 e. The Hall–Kier alpha value is -2.57. The fourth-order valence-corrected chi connectivity index (χ4v) is 3.92. The number of ether oxygens (including phenoxy) is 2. The van der Waals surface area contributed by atoms with Crippen LogP contribution in [-0.2, 0) is 4.79 Å². The molecule has 142 valence electrons. The fraction of sp³-hybridized carbons (Fsp3) is 0.381. The molecule has 6 heteroatoms. The molecule has 0 bridgehead atoms. The Bertz CT molecular complexity index is 797. The Morgan fingerprint density at radius 1 is 1.11 bits per heavy atom. The van der Waals surface area contributed by atoms with Crippen molar-refractivity contribution in [3.05, 3.63) is 54.1 Å². The highest BCUT2D eigenvalue weighted by Gasteiger charge is 2.32. The van der Waals surface area contributed by atoms with E-state index < -0.39 is 0 Å².